The van der Waals surface area contributed by atoms with E-state index < -0.39 is 5.82 Å². The number of nitrogens with zero attached hydrogens (tertiary/aromatic N) is 5. The molecule has 1 aliphatic rings. The monoisotopic (exact) mass is 404 g/mol. The number of hydrogen-bond donors (Lipinski definition) is 2. The van der Waals surface area contributed by atoms with Crippen LogP contribution in [0, 0.1) is 12.7 Å². The number of benzene rings is 1. The van der Waals surface area contributed by atoms with Crippen LogP contribution < -0.4 is 10.2 Å². The van der Waals surface area contributed by atoms with Crippen LogP contribution in [-0.4, -0.2) is 44.0 Å². The highest BCUT2D eigenvalue weighted by atomic mass is 35.5. The summed E-state index contributed by atoms with van der Waals surface area (Å²) in [5, 5.41) is 17.8. The first-order chi connectivity index (χ1) is 13.5. The van der Waals surface area contributed by atoms with Crippen LogP contribution in [0.5, 0.6) is 0 Å². The number of aliphatic hydroxyl groups excluding tert-OH is 1. The standard InChI is InChI=1S/C19H22ClFN6O/c1-3-27-17-16(11(2)25-27)23-19(26-8-6-13(28)7-9-26)24-18(17)22-15-5-4-12(20)10-14(15)21/h4-5,10,13,28H,3,6-9H2,1-2H3,(H,22,23,24). The van der Waals surface area contributed by atoms with Crippen LogP contribution in [0.25, 0.3) is 11.0 Å². The summed E-state index contributed by atoms with van der Waals surface area (Å²) in [7, 11) is 0. The van der Waals surface area contributed by atoms with Gasteiger partial charge in [-0.2, -0.15) is 10.1 Å². The van der Waals surface area contributed by atoms with Crippen molar-refractivity contribution in [2.75, 3.05) is 23.3 Å². The molecule has 0 saturated carbocycles. The third kappa shape index (κ3) is 3.49. The average Bonchev–Trinajstić information content (AvgIpc) is 3.01. The number of nitrogens with one attached hydrogen (secondary N) is 1. The lowest BCUT2D eigenvalue weighted by molar-refractivity contribution is 0.145. The van der Waals surface area contributed by atoms with E-state index in [1.807, 2.05) is 23.4 Å². The van der Waals surface area contributed by atoms with Crippen molar-refractivity contribution < 1.29 is 9.50 Å². The fourth-order valence-electron chi connectivity index (χ4n) is 3.46. The van der Waals surface area contributed by atoms with Crippen molar-refractivity contribution in [3.05, 3.63) is 34.7 Å². The maximum atomic E-state index is 14.4. The van der Waals surface area contributed by atoms with E-state index in [1.54, 1.807) is 12.1 Å². The van der Waals surface area contributed by atoms with Crippen molar-refractivity contribution in [3.63, 3.8) is 0 Å². The summed E-state index contributed by atoms with van der Waals surface area (Å²) in [5.41, 5.74) is 2.54. The Labute approximate surface area is 167 Å². The van der Waals surface area contributed by atoms with Gasteiger partial charge >= 0.3 is 0 Å². The second-order valence-corrected chi connectivity index (χ2v) is 7.37. The average molecular weight is 405 g/mol. The SMILES string of the molecule is CCn1nc(C)c2nc(N3CCC(O)CC3)nc(Nc3ccc(Cl)cc3F)c21. The molecular weight excluding hydrogens is 383 g/mol. The fraction of sp³-hybridized carbons (Fsp3) is 0.421. The van der Waals surface area contributed by atoms with Crippen molar-refractivity contribution in [3.8, 4) is 0 Å². The first-order valence-electron chi connectivity index (χ1n) is 9.36. The smallest absolute Gasteiger partial charge is 0.228 e. The van der Waals surface area contributed by atoms with E-state index in [-0.39, 0.29) is 11.8 Å². The molecule has 1 aromatic carbocycles. The van der Waals surface area contributed by atoms with Crippen LogP contribution in [0.15, 0.2) is 18.2 Å². The van der Waals surface area contributed by atoms with Gasteiger partial charge in [0.25, 0.3) is 0 Å². The second kappa shape index (κ2) is 7.52. The minimum Gasteiger partial charge on any atom is -0.393 e. The molecule has 148 valence electrons. The van der Waals surface area contributed by atoms with Gasteiger partial charge in [-0.1, -0.05) is 11.6 Å². The topological polar surface area (TPSA) is 79.1 Å². The number of hydrogen-bond acceptors (Lipinski definition) is 6. The summed E-state index contributed by atoms with van der Waals surface area (Å²) in [6.07, 6.45) is 1.05. The number of rotatable bonds is 4. The highest BCUT2D eigenvalue weighted by Crippen LogP contribution is 2.30. The fourth-order valence-corrected chi connectivity index (χ4v) is 3.62. The maximum Gasteiger partial charge on any atom is 0.228 e. The van der Waals surface area contributed by atoms with Gasteiger partial charge < -0.3 is 15.3 Å². The lowest BCUT2D eigenvalue weighted by Crippen LogP contribution is -2.37. The zero-order chi connectivity index (χ0) is 19.8. The molecule has 0 bridgehead atoms. The minimum absolute atomic E-state index is 0.283. The van der Waals surface area contributed by atoms with E-state index in [4.69, 9.17) is 21.6 Å². The predicted molar refractivity (Wildman–Crippen MR) is 108 cm³/mol. The van der Waals surface area contributed by atoms with Crippen LogP contribution in [0.1, 0.15) is 25.5 Å². The van der Waals surface area contributed by atoms with Crippen LogP contribution in [0.4, 0.5) is 21.8 Å². The normalized spacial score (nSPS) is 15.4. The van der Waals surface area contributed by atoms with E-state index in [9.17, 15) is 9.50 Å². The van der Waals surface area contributed by atoms with Crippen LogP contribution in [-0.2, 0) is 6.54 Å². The van der Waals surface area contributed by atoms with E-state index in [0.29, 0.717) is 49.3 Å². The molecule has 28 heavy (non-hydrogen) atoms. The number of fused-ring (bicyclic) bond motifs is 1. The summed E-state index contributed by atoms with van der Waals surface area (Å²) in [6, 6.07) is 4.47. The Bertz CT molecular complexity index is 1020. The molecule has 1 aliphatic heterocycles. The molecule has 4 rings (SSSR count). The van der Waals surface area contributed by atoms with Crippen molar-refractivity contribution in [2.45, 2.75) is 39.3 Å². The van der Waals surface area contributed by atoms with Crippen molar-refractivity contribution in [1.82, 2.24) is 19.7 Å². The molecule has 2 aromatic heterocycles. The molecule has 0 radical (unpaired) electrons. The zero-order valence-corrected chi connectivity index (χ0v) is 16.5. The highest BCUT2D eigenvalue weighted by Gasteiger charge is 2.23. The molecule has 0 spiro atoms. The van der Waals surface area contributed by atoms with Gasteiger partial charge in [0, 0.05) is 24.7 Å². The summed E-state index contributed by atoms with van der Waals surface area (Å²) >= 11 is 5.87. The van der Waals surface area contributed by atoms with Crippen LogP contribution >= 0.6 is 11.6 Å². The molecule has 3 aromatic rings. The second-order valence-electron chi connectivity index (χ2n) is 6.94. The minimum atomic E-state index is -0.457. The summed E-state index contributed by atoms with van der Waals surface area (Å²) < 4.78 is 16.2. The van der Waals surface area contributed by atoms with Gasteiger partial charge in [-0.25, -0.2) is 9.37 Å². The molecule has 1 fully saturated rings. The molecule has 0 atom stereocenters. The van der Waals surface area contributed by atoms with E-state index in [0.717, 1.165) is 16.7 Å². The van der Waals surface area contributed by atoms with Gasteiger partial charge in [0.05, 0.1) is 17.5 Å². The molecule has 0 unspecified atom stereocenters. The quantitative estimate of drug-likeness (QED) is 0.691. The maximum absolute atomic E-state index is 14.4. The zero-order valence-electron chi connectivity index (χ0n) is 15.8. The Hall–Kier alpha value is -2.45. The molecular formula is C19H22ClFN6O. The largest absolute Gasteiger partial charge is 0.393 e. The highest BCUT2D eigenvalue weighted by molar-refractivity contribution is 6.30. The molecule has 7 nitrogen and oxygen atoms in total. The Kier molecular flexibility index (Phi) is 5.07. The van der Waals surface area contributed by atoms with Crippen molar-refractivity contribution in [2.24, 2.45) is 0 Å². The Balaban J connectivity index is 1.82. The molecule has 9 heteroatoms. The van der Waals surface area contributed by atoms with Gasteiger partial charge in [-0.3, -0.25) is 4.68 Å². The van der Waals surface area contributed by atoms with E-state index >= 15 is 0 Å². The Morgan fingerprint density at radius 1 is 1.29 bits per heavy atom. The number of aliphatic hydroxyl groups is 1. The first kappa shape index (κ1) is 18.9. The lowest BCUT2D eigenvalue weighted by atomic mass is 10.1. The molecule has 0 amide bonds. The number of anilines is 3. The summed E-state index contributed by atoms with van der Waals surface area (Å²) in [6.45, 7) is 5.86. The van der Waals surface area contributed by atoms with Gasteiger partial charge in [0.1, 0.15) is 16.9 Å². The van der Waals surface area contributed by atoms with Gasteiger partial charge in [-0.05, 0) is 44.9 Å². The van der Waals surface area contributed by atoms with Gasteiger partial charge in [0.15, 0.2) is 5.82 Å². The Morgan fingerprint density at radius 2 is 2.04 bits per heavy atom. The number of aryl methyl sites for hydroxylation is 2. The molecule has 1 saturated heterocycles. The number of aromatic nitrogens is 4. The number of halogens is 2. The van der Waals surface area contributed by atoms with E-state index in [1.165, 1.54) is 6.07 Å². The number of piperidine rings is 1. The third-order valence-corrected chi connectivity index (χ3v) is 5.21. The first-order valence-corrected chi connectivity index (χ1v) is 9.74. The summed E-state index contributed by atoms with van der Waals surface area (Å²) in [4.78, 5) is 11.5. The van der Waals surface area contributed by atoms with Crippen LogP contribution in [0.3, 0.4) is 0 Å². The van der Waals surface area contributed by atoms with Gasteiger partial charge in [0.2, 0.25) is 5.95 Å². The third-order valence-electron chi connectivity index (χ3n) is 4.97. The van der Waals surface area contributed by atoms with E-state index in [2.05, 4.69) is 10.4 Å². The predicted octanol–water partition coefficient (Wildman–Crippen LogP) is 3.65. The summed E-state index contributed by atoms with van der Waals surface area (Å²) in [5.74, 6) is 0.589. The Morgan fingerprint density at radius 3 is 2.71 bits per heavy atom. The van der Waals surface area contributed by atoms with Crippen molar-refractivity contribution in [1.29, 1.82) is 0 Å². The van der Waals surface area contributed by atoms with Gasteiger partial charge in [-0.15, -0.1) is 0 Å². The van der Waals surface area contributed by atoms with Crippen LogP contribution in [0.2, 0.25) is 5.02 Å². The molecule has 3 heterocycles. The van der Waals surface area contributed by atoms with Crippen molar-refractivity contribution >= 4 is 40.1 Å². The lowest BCUT2D eigenvalue weighted by Gasteiger charge is -2.29. The molecule has 0 aliphatic carbocycles. The molecule has 2 N–H and O–H groups in total.